The molecule has 3 aromatic rings. The Morgan fingerprint density at radius 2 is 2.18 bits per heavy atom. The summed E-state index contributed by atoms with van der Waals surface area (Å²) in [5.74, 6) is 0.410. The number of aliphatic carboxylic acids is 1. The van der Waals surface area contributed by atoms with E-state index in [1.807, 2.05) is 4.90 Å². The second kappa shape index (κ2) is 13.4. The molecule has 0 fully saturated rings. The minimum atomic E-state index is -1.15. The Balaban J connectivity index is 1.33. The van der Waals surface area contributed by atoms with Crippen molar-refractivity contribution in [3.8, 4) is 0 Å². The van der Waals surface area contributed by atoms with Crippen LogP contribution in [-0.4, -0.2) is 92.8 Å². The van der Waals surface area contributed by atoms with Crippen molar-refractivity contribution >= 4 is 28.6 Å². The van der Waals surface area contributed by atoms with Crippen LogP contribution in [0.4, 0.5) is 16.0 Å². The summed E-state index contributed by atoms with van der Waals surface area (Å²) in [5, 5.41) is 21.1. The average Bonchev–Trinajstić information content (AvgIpc) is 3.30. The molecule has 0 saturated carbocycles. The predicted molar refractivity (Wildman–Crippen MR) is 143 cm³/mol. The Morgan fingerprint density at radius 1 is 1.32 bits per heavy atom. The zero-order valence-electron chi connectivity index (χ0n) is 22.1. The van der Waals surface area contributed by atoms with E-state index in [4.69, 9.17) is 9.72 Å². The quantitative estimate of drug-likeness (QED) is 0.253. The van der Waals surface area contributed by atoms with Gasteiger partial charge in [0.25, 0.3) is 0 Å². The molecule has 1 aliphatic heterocycles. The van der Waals surface area contributed by atoms with Crippen molar-refractivity contribution < 1.29 is 19.0 Å². The average molecular weight is 529 g/mol. The maximum atomic E-state index is 14.5. The number of nitrogens with one attached hydrogen (secondary N) is 2. The van der Waals surface area contributed by atoms with Gasteiger partial charge in [-0.25, -0.2) is 24.1 Å². The van der Waals surface area contributed by atoms with E-state index in [0.717, 1.165) is 50.2 Å². The van der Waals surface area contributed by atoms with E-state index in [0.29, 0.717) is 29.9 Å². The lowest BCUT2D eigenvalue weighted by atomic mass is 10.1. The van der Waals surface area contributed by atoms with Gasteiger partial charge in [0, 0.05) is 39.5 Å². The Kier molecular flexibility index (Phi) is 9.77. The number of aromatic nitrogens is 5. The van der Waals surface area contributed by atoms with E-state index in [2.05, 4.69) is 37.8 Å². The predicted octanol–water partition coefficient (Wildman–Crippen LogP) is 2.68. The van der Waals surface area contributed by atoms with Gasteiger partial charge in [-0.2, -0.15) is 5.10 Å². The molecule has 0 bridgehead atoms. The Hall–Kier alpha value is -3.38. The highest BCUT2D eigenvalue weighted by molar-refractivity contribution is 5.88. The van der Waals surface area contributed by atoms with Crippen LogP contribution in [0.5, 0.6) is 0 Å². The van der Waals surface area contributed by atoms with Gasteiger partial charge in [0.2, 0.25) is 0 Å². The van der Waals surface area contributed by atoms with Crippen LogP contribution in [-0.2, 0) is 29.4 Å². The normalized spacial score (nSPS) is 14.7. The van der Waals surface area contributed by atoms with E-state index in [1.54, 1.807) is 17.9 Å². The number of carboxylic acids is 1. The first kappa shape index (κ1) is 27.6. The SMILES string of the molecule is COC[C@@H](F)CN(CCCCc1ccc2c(n1)NCCC2)CC[C@H](Nc1ncnc2c1cnn2C)C(=O)O. The van der Waals surface area contributed by atoms with Crippen LogP contribution >= 0.6 is 0 Å². The van der Waals surface area contributed by atoms with Crippen molar-refractivity contribution in [1.82, 2.24) is 29.6 Å². The zero-order chi connectivity index (χ0) is 26.9. The number of halogens is 1. The van der Waals surface area contributed by atoms with E-state index in [9.17, 15) is 14.3 Å². The first-order chi connectivity index (χ1) is 18.4. The maximum Gasteiger partial charge on any atom is 0.326 e. The molecule has 1 aliphatic rings. The number of carboxylic acid groups (broad SMARTS) is 1. The molecule has 11 nitrogen and oxygen atoms in total. The van der Waals surface area contributed by atoms with Crippen LogP contribution in [0, 0.1) is 0 Å². The monoisotopic (exact) mass is 528 g/mol. The summed E-state index contributed by atoms with van der Waals surface area (Å²) in [5.41, 5.74) is 2.93. The molecule has 0 radical (unpaired) electrons. The van der Waals surface area contributed by atoms with Crippen LogP contribution in [0.3, 0.4) is 0 Å². The van der Waals surface area contributed by atoms with Crippen LogP contribution < -0.4 is 10.6 Å². The standard InChI is InChI=1S/C26H37FN8O3/c1-34-25-21(14-31-34)24(29-17-30-25)33-22(26(36)37)10-13-35(15-19(27)16-38-2)12-4-3-7-20-9-8-18-6-5-11-28-23(18)32-20/h8-9,14,17,19,22H,3-7,10-13,15-16H2,1-2H3,(H,28,32)(H,36,37)(H,29,30,33)/t19-,22-/m0/s1. The molecule has 12 heteroatoms. The van der Waals surface area contributed by atoms with Gasteiger partial charge in [-0.15, -0.1) is 0 Å². The van der Waals surface area contributed by atoms with Gasteiger partial charge in [-0.05, 0) is 56.7 Å². The molecule has 4 heterocycles. The number of hydrogen-bond donors (Lipinski definition) is 3. The van der Waals surface area contributed by atoms with Crippen molar-refractivity contribution in [3.05, 3.63) is 35.9 Å². The fourth-order valence-corrected chi connectivity index (χ4v) is 4.77. The number of carbonyl (C=O) groups is 1. The number of hydrogen-bond acceptors (Lipinski definition) is 9. The summed E-state index contributed by atoms with van der Waals surface area (Å²) in [6.45, 7) is 2.21. The van der Waals surface area contributed by atoms with E-state index in [-0.39, 0.29) is 19.6 Å². The fourth-order valence-electron chi connectivity index (χ4n) is 4.77. The van der Waals surface area contributed by atoms with Gasteiger partial charge in [-0.3, -0.25) is 4.68 Å². The number of nitrogens with zero attached hydrogens (tertiary/aromatic N) is 6. The molecule has 0 spiro atoms. The third kappa shape index (κ3) is 7.35. The largest absolute Gasteiger partial charge is 0.480 e. The van der Waals surface area contributed by atoms with Crippen LogP contribution in [0.25, 0.3) is 11.0 Å². The molecule has 3 N–H and O–H groups in total. The van der Waals surface area contributed by atoms with Crippen LogP contribution in [0.15, 0.2) is 24.7 Å². The number of methoxy groups -OCH3 is 1. The lowest BCUT2D eigenvalue weighted by molar-refractivity contribution is -0.138. The molecule has 0 saturated heterocycles. The summed E-state index contributed by atoms with van der Waals surface area (Å²) in [6, 6.07) is 3.35. The highest BCUT2D eigenvalue weighted by atomic mass is 19.1. The summed E-state index contributed by atoms with van der Waals surface area (Å²) in [7, 11) is 3.24. The first-order valence-corrected chi connectivity index (χ1v) is 13.1. The zero-order valence-corrected chi connectivity index (χ0v) is 22.1. The van der Waals surface area contributed by atoms with E-state index < -0.39 is 18.2 Å². The van der Waals surface area contributed by atoms with Gasteiger partial charge < -0.3 is 25.4 Å². The maximum absolute atomic E-state index is 14.5. The number of alkyl halides is 1. The van der Waals surface area contributed by atoms with Crippen molar-refractivity contribution in [2.24, 2.45) is 7.05 Å². The number of ether oxygens (including phenoxy) is 1. The number of anilines is 2. The number of rotatable bonds is 15. The Bertz CT molecular complexity index is 1210. The molecule has 0 aromatic carbocycles. The smallest absolute Gasteiger partial charge is 0.326 e. The first-order valence-electron chi connectivity index (χ1n) is 13.1. The molecule has 2 atom stereocenters. The summed E-state index contributed by atoms with van der Waals surface area (Å²) in [4.78, 5) is 27.2. The number of fused-ring (bicyclic) bond motifs is 2. The van der Waals surface area contributed by atoms with Crippen molar-refractivity contribution in [2.75, 3.05) is 50.5 Å². The van der Waals surface area contributed by atoms with Gasteiger partial charge in [-0.1, -0.05) is 6.07 Å². The summed E-state index contributed by atoms with van der Waals surface area (Å²) >= 11 is 0. The fraction of sp³-hybridized carbons (Fsp3) is 0.577. The second-order valence-corrected chi connectivity index (χ2v) is 9.70. The highest BCUT2D eigenvalue weighted by Crippen LogP contribution is 2.21. The van der Waals surface area contributed by atoms with Gasteiger partial charge in [0.05, 0.1) is 18.2 Å². The topological polar surface area (TPSA) is 130 Å². The van der Waals surface area contributed by atoms with Crippen molar-refractivity contribution in [2.45, 2.75) is 50.7 Å². The van der Waals surface area contributed by atoms with Crippen molar-refractivity contribution in [1.29, 1.82) is 0 Å². The molecule has 0 unspecified atom stereocenters. The third-order valence-corrected chi connectivity index (χ3v) is 6.79. The Morgan fingerprint density at radius 3 is 3.00 bits per heavy atom. The highest BCUT2D eigenvalue weighted by Gasteiger charge is 2.22. The molecule has 3 aromatic heterocycles. The lowest BCUT2D eigenvalue weighted by Crippen LogP contribution is -2.38. The minimum Gasteiger partial charge on any atom is -0.480 e. The molecule has 0 amide bonds. The van der Waals surface area contributed by atoms with Crippen LogP contribution in [0.2, 0.25) is 0 Å². The Labute approximate surface area is 221 Å². The van der Waals surface area contributed by atoms with Gasteiger partial charge in [0.15, 0.2) is 5.65 Å². The van der Waals surface area contributed by atoms with Crippen LogP contribution in [0.1, 0.15) is 36.9 Å². The minimum absolute atomic E-state index is 0.00305. The molecule has 38 heavy (non-hydrogen) atoms. The molecule has 4 rings (SSSR count). The number of unbranched alkanes of at least 4 members (excludes halogenated alkanes) is 1. The van der Waals surface area contributed by atoms with E-state index >= 15 is 0 Å². The molecular weight excluding hydrogens is 491 g/mol. The summed E-state index contributed by atoms with van der Waals surface area (Å²) in [6.07, 6.45) is 6.90. The second-order valence-electron chi connectivity index (χ2n) is 9.70. The third-order valence-electron chi connectivity index (χ3n) is 6.79. The van der Waals surface area contributed by atoms with E-state index in [1.165, 1.54) is 19.0 Å². The molecule has 206 valence electrons. The van der Waals surface area contributed by atoms with Gasteiger partial charge in [0.1, 0.15) is 30.2 Å². The molecular formula is C26H37FN8O3. The number of aryl methyl sites for hydroxylation is 3. The molecule has 0 aliphatic carbocycles. The lowest BCUT2D eigenvalue weighted by Gasteiger charge is -2.26. The van der Waals surface area contributed by atoms with Gasteiger partial charge >= 0.3 is 5.97 Å². The van der Waals surface area contributed by atoms with Crippen molar-refractivity contribution in [3.63, 3.8) is 0 Å². The summed E-state index contributed by atoms with van der Waals surface area (Å²) < 4.78 is 21.0. The number of pyridine rings is 1.